The van der Waals surface area contributed by atoms with E-state index in [1.807, 2.05) is 153 Å². The number of halogens is 5. The first-order chi connectivity index (χ1) is 51.0. The lowest BCUT2D eigenvalue weighted by molar-refractivity contribution is -0.102. The maximum absolute atomic E-state index is 11.6. The van der Waals surface area contributed by atoms with Crippen LogP contribution in [-0.4, -0.2) is 123 Å². The predicted molar refractivity (Wildman–Crippen MR) is 442 cm³/mol. The second-order valence-electron chi connectivity index (χ2n) is 31.0. The van der Waals surface area contributed by atoms with Crippen LogP contribution in [0.2, 0.25) is 25.1 Å². The van der Waals surface area contributed by atoms with Crippen molar-refractivity contribution in [2.45, 2.75) is 204 Å². The molecule has 0 saturated carbocycles. The van der Waals surface area contributed by atoms with Crippen molar-refractivity contribution in [1.82, 2.24) is 31.9 Å². The second-order valence-corrected chi connectivity index (χ2v) is 33.1. The summed E-state index contributed by atoms with van der Waals surface area (Å²) in [5, 5.41) is 89.5. The maximum Gasteiger partial charge on any atom is 0.0961 e. The first-order valence-electron chi connectivity index (χ1n) is 39.9. The molecule has 12 atom stereocenters. The van der Waals surface area contributed by atoms with Crippen LogP contribution in [0.1, 0.15) is 209 Å². The van der Waals surface area contributed by atoms with Crippen LogP contribution in [-0.2, 0) is 32.7 Å². The summed E-state index contributed by atoms with van der Waals surface area (Å²) in [4.78, 5) is 0. The number of aliphatic hydroxyl groups is 6. The molecular weight excluding hydrogens is 1430 g/mol. The fourth-order valence-corrected chi connectivity index (χ4v) is 17.8. The van der Waals surface area contributed by atoms with Gasteiger partial charge in [-0.2, -0.15) is 0 Å². The Hall–Kier alpha value is -3.75. The van der Waals surface area contributed by atoms with E-state index in [4.69, 9.17) is 62.7 Å². The molecule has 6 aromatic carbocycles. The van der Waals surface area contributed by atoms with E-state index < -0.39 is 34.1 Å². The molecule has 6 heterocycles. The molecule has 106 heavy (non-hydrogen) atoms. The molecule has 588 valence electrons. The molecule has 0 radical (unpaired) electrons. The van der Waals surface area contributed by atoms with E-state index in [1.54, 1.807) is 7.11 Å². The van der Waals surface area contributed by atoms with Crippen molar-refractivity contribution < 1.29 is 35.4 Å². The smallest absolute Gasteiger partial charge is 0.0961 e. The van der Waals surface area contributed by atoms with Crippen molar-refractivity contribution in [3.05, 3.63) is 210 Å². The molecule has 6 aliphatic rings. The number of rotatable bonds is 23. The summed E-state index contributed by atoms with van der Waals surface area (Å²) in [5.74, 6) is 1.42. The van der Waals surface area contributed by atoms with E-state index in [1.165, 1.54) is 0 Å². The molecule has 6 aromatic rings. The number of unbranched alkanes of at least 4 members (excludes halogenated alkanes) is 2. The van der Waals surface area contributed by atoms with Crippen LogP contribution in [0.3, 0.4) is 0 Å². The number of aliphatic hydroxyl groups excluding tert-OH is 1. The molecule has 6 aliphatic heterocycles. The highest BCUT2D eigenvalue weighted by Crippen LogP contribution is 2.48. The SMILES string of the molecule is CC(O)(c1cccc(Cl)c1)C1CCCNC1.CCC(O)(c1cccc(Cl)c1)C1CCCNC1.CCCC(O)(c1cccc(Cl)c1)C1CCCNC1.CCCCC(O)(c1cccc(Cl)c1)C1CCCNC1.COCCCCC(O)(c1ccccc1)C1(C)CCCNC1.OC(c1cccc(Cl)c1)C1CCCNC1. The van der Waals surface area contributed by atoms with Crippen molar-refractivity contribution in [2.75, 3.05) is 92.3 Å². The third-order valence-corrected chi connectivity index (χ3v) is 24.6. The fourth-order valence-electron chi connectivity index (χ4n) is 16.8. The highest BCUT2D eigenvalue weighted by atomic mass is 35.5. The summed E-state index contributed by atoms with van der Waals surface area (Å²) >= 11 is 30.0. The average Bonchev–Trinajstić information content (AvgIpc) is 0.526. The van der Waals surface area contributed by atoms with Gasteiger partial charge in [-0.3, -0.25) is 0 Å². The third kappa shape index (κ3) is 26.2. The van der Waals surface area contributed by atoms with Gasteiger partial charge < -0.3 is 67.3 Å². The second kappa shape index (κ2) is 45.7. The summed E-state index contributed by atoms with van der Waals surface area (Å²) in [6.07, 6.45) is 21.1. The third-order valence-electron chi connectivity index (χ3n) is 23.4. The number of nitrogens with one attached hydrogen (secondary N) is 6. The minimum Gasteiger partial charge on any atom is -0.388 e. The zero-order valence-corrected chi connectivity index (χ0v) is 68.2. The van der Waals surface area contributed by atoms with Crippen LogP contribution in [0.4, 0.5) is 0 Å². The minimum atomic E-state index is -0.793. The first kappa shape index (κ1) is 89.5. The van der Waals surface area contributed by atoms with Gasteiger partial charge in [-0.05, 0) is 256 Å². The van der Waals surface area contributed by atoms with E-state index in [2.05, 4.69) is 64.8 Å². The normalized spacial score (nSPS) is 24.2. The molecular formula is C88H129Cl5N6O7. The number of methoxy groups -OCH3 is 1. The largest absolute Gasteiger partial charge is 0.388 e. The van der Waals surface area contributed by atoms with Gasteiger partial charge in [0.05, 0.1) is 34.1 Å². The lowest BCUT2D eigenvalue weighted by Gasteiger charge is -2.48. The van der Waals surface area contributed by atoms with Crippen molar-refractivity contribution >= 4 is 58.0 Å². The molecule has 0 aromatic heterocycles. The van der Waals surface area contributed by atoms with E-state index in [0.29, 0.717) is 31.0 Å². The van der Waals surface area contributed by atoms with Gasteiger partial charge in [-0.15, -0.1) is 0 Å². The van der Waals surface area contributed by atoms with E-state index >= 15 is 0 Å². The van der Waals surface area contributed by atoms with Gasteiger partial charge in [0.25, 0.3) is 0 Å². The highest BCUT2D eigenvalue weighted by molar-refractivity contribution is 6.31. The lowest BCUT2D eigenvalue weighted by atomic mass is 9.64. The summed E-state index contributed by atoms with van der Waals surface area (Å²) in [6, 6.07) is 48.3. The fraction of sp³-hybridized carbons (Fsp3) is 0.591. The summed E-state index contributed by atoms with van der Waals surface area (Å²) < 4.78 is 5.14. The Morgan fingerprint density at radius 1 is 0.434 bits per heavy atom. The van der Waals surface area contributed by atoms with Gasteiger partial charge in [0.15, 0.2) is 0 Å². The number of hydrogen-bond donors (Lipinski definition) is 12. The minimum absolute atomic E-state index is 0.111. The van der Waals surface area contributed by atoms with E-state index in [0.717, 1.165) is 253 Å². The highest BCUT2D eigenvalue weighted by Gasteiger charge is 2.48. The van der Waals surface area contributed by atoms with Crippen molar-refractivity contribution in [1.29, 1.82) is 0 Å². The van der Waals surface area contributed by atoms with E-state index in [9.17, 15) is 30.6 Å². The van der Waals surface area contributed by atoms with Gasteiger partial charge >= 0.3 is 0 Å². The maximum atomic E-state index is 11.6. The quantitative estimate of drug-likeness (QED) is 0.0271. The molecule has 18 heteroatoms. The molecule has 0 bridgehead atoms. The lowest BCUT2D eigenvalue weighted by Crippen LogP contribution is -2.52. The first-order valence-corrected chi connectivity index (χ1v) is 41.8. The summed E-state index contributed by atoms with van der Waals surface area (Å²) in [7, 11) is 1.73. The molecule has 12 unspecified atom stereocenters. The van der Waals surface area contributed by atoms with Crippen molar-refractivity contribution in [3.63, 3.8) is 0 Å². The molecule has 0 amide bonds. The zero-order valence-electron chi connectivity index (χ0n) is 64.4. The van der Waals surface area contributed by atoms with Gasteiger partial charge in [0.1, 0.15) is 0 Å². The molecule has 0 aliphatic carbocycles. The Kier molecular flexibility index (Phi) is 38.6. The number of hydrogen-bond acceptors (Lipinski definition) is 13. The molecule has 12 N–H and O–H groups in total. The van der Waals surface area contributed by atoms with Crippen LogP contribution in [0.5, 0.6) is 0 Å². The van der Waals surface area contributed by atoms with Crippen LogP contribution >= 0.6 is 58.0 Å². The number of piperidine rings is 6. The Bertz CT molecular complexity index is 3420. The van der Waals surface area contributed by atoms with Crippen molar-refractivity contribution in [2.24, 2.45) is 35.0 Å². The number of ether oxygens (including phenoxy) is 1. The molecule has 6 fully saturated rings. The Balaban J connectivity index is 0.000000178. The Labute approximate surface area is 661 Å². The van der Waals surface area contributed by atoms with Gasteiger partial charge in [-0.1, -0.05) is 196 Å². The predicted octanol–water partition coefficient (Wildman–Crippen LogP) is 18.0. The molecule has 12 rings (SSSR count). The zero-order chi connectivity index (χ0) is 76.5. The molecule has 6 saturated heterocycles. The average molecular weight is 1560 g/mol. The summed E-state index contributed by atoms with van der Waals surface area (Å²) in [5.41, 5.74) is 1.86. The van der Waals surface area contributed by atoms with Crippen LogP contribution in [0.15, 0.2) is 152 Å². The number of benzene rings is 6. The standard InChI is InChI=1S/C18H29NO2.C16H24ClNO.C15H22ClNO.C14H20ClNO.C13H18ClNO.C12H16ClNO/c1-17(11-8-13-19-15-17)18(20,12-6-7-14-21-2)16-9-4-3-5-10-16;1-2-3-9-16(19,14-7-5-10-18-12-14)13-6-4-8-15(17)11-13;1-2-8-15(18,13-6-4-9-17-11-13)12-5-3-7-14(16)10-12;1-2-14(17,12-6-4-8-16-10-12)11-5-3-7-13(15)9-11;1-13(16,11-5-3-7-15-9-11)10-4-2-6-12(14)8-10;13-11-5-1-3-9(7-11)12(15)10-4-2-6-14-8-10/h3-5,9-10,19-20H,6-8,11-15H2,1-2H3;4,6,8,11,14,18-19H,2-3,5,7,9-10,12H2,1H3;3,5,7,10,13,17-18H,2,4,6,8-9,11H2,1H3;3,5,7,9,12,16-17H,2,4,6,8,10H2,1H3;2,4,6,8,11,15-16H,3,5,7,9H2,1H3;1,3,5,7,10,12,14-15H,2,4,6,8H2. The van der Waals surface area contributed by atoms with Crippen LogP contribution in [0.25, 0.3) is 0 Å². The molecule has 0 spiro atoms. The summed E-state index contributed by atoms with van der Waals surface area (Å²) in [6.45, 7) is 22.9. The van der Waals surface area contributed by atoms with Gasteiger partial charge in [0.2, 0.25) is 0 Å². The van der Waals surface area contributed by atoms with Crippen molar-refractivity contribution in [3.8, 4) is 0 Å². The monoisotopic (exact) mass is 1560 g/mol. The van der Waals surface area contributed by atoms with Gasteiger partial charge in [-0.25, -0.2) is 0 Å². The van der Waals surface area contributed by atoms with Crippen LogP contribution in [0, 0.1) is 35.0 Å². The molecule has 13 nitrogen and oxygen atoms in total. The van der Waals surface area contributed by atoms with E-state index in [-0.39, 0.29) is 29.1 Å². The van der Waals surface area contributed by atoms with Gasteiger partial charge in [0, 0.05) is 113 Å². The topological polar surface area (TPSA) is 203 Å². The Morgan fingerprint density at radius 2 is 0.849 bits per heavy atom. The van der Waals surface area contributed by atoms with Crippen LogP contribution < -0.4 is 31.9 Å². The Morgan fingerprint density at radius 3 is 1.26 bits per heavy atom.